The number of hydrogen-bond acceptors (Lipinski definition) is 3. The molecule has 0 aliphatic heterocycles. The van der Waals surface area contributed by atoms with E-state index in [4.69, 9.17) is 0 Å². The van der Waals surface area contributed by atoms with Gasteiger partial charge in [0.1, 0.15) is 0 Å². The molecule has 0 aliphatic carbocycles. The monoisotopic (exact) mass is 386 g/mol. The van der Waals surface area contributed by atoms with E-state index < -0.39 is 0 Å². The van der Waals surface area contributed by atoms with Crippen molar-refractivity contribution in [1.29, 1.82) is 0 Å². The number of ketones is 1. The highest BCUT2D eigenvalue weighted by atomic mass is 16.2. The molecule has 3 aromatic carbocycles. The molecule has 0 atom stereocenters. The van der Waals surface area contributed by atoms with Gasteiger partial charge in [0.2, 0.25) is 0 Å². The lowest BCUT2D eigenvalue weighted by atomic mass is 10.1. The zero-order valence-electron chi connectivity index (χ0n) is 16.4. The molecule has 0 unspecified atom stereocenters. The third-order valence-electron chi connectivity index (χ3n) is 4.51. The van der Waals surface area contributed by atoms with Crippen LogP contribution >= 0.6 is 0 Å². The minimum Gasteiger partial charge on any atom is -0.348 e. The molecule has 3 aromatic rings. The smallest absolute Gasteiger partial charge is 0.255 e. The molecule has 2 N–H and O–H groups in total. The molecule has 0 aromatic heterocycles. The molecule has 5 heteroatoms. The van der Waals surface area contributed by atoms with Gasteiger partial charge in [-0.1, -0.05) is 35.9 Å². The topological polar surface area (TPSA) is 75.3 Å². The lowest BCUT2D eigenvalue weighted by molar-refractivity contribution is 0.0950. The van der Waals surface area contributed by atoms with Gasteiger partial charge in [0, 0.05) is 28.9 Å². The summed E-state index contributed by atoms with van der Waals surface area (Å²) in [6, 6.07) is 21.1. The molecule has 0 bridgehead atoms. The molecule has 2 amide bonds. The number of carbonyl (C=O) groups excluding carboxylic acids is 3. The molecule has 0 heterocycles. The van der Waals surface area contributed by atoms with E-state index in [1.165, 1.54) is 6.92 Å². The first-order valence-electron chi connectivity index (χ1n) is 9.28. The third kappa shape index (κ3) is 5.39. The van der Waals surface area contributed by atoms with E-state index in [2.05, 4.69) is 10.6 Å². The summed E-state index contributed by atoms with van der Waals surface area (Å²) in [7, 11) is 0. The number of Topliss-reactive ketones (excluding diaryl/α,β-unsaturated/α-hetero) is 1. The molecular formula is C24H22N2O3. The SMILES string of the molecule is CC(=O)c1ccc(NC(=O)c2cccc(C(=O)NCc3ccc(C)cc3)c2)cc1. The molecule has 0 spiro atoms. The summed E-state index contributed by atoms with van der Waals surface area (Å²) in [5.74, 6) is -0.605. The first-order valence-corrected chi connectivity index (χ1v) is 9.28. The Balaban J connectivity index is 1.64. The van der Waals surface area contributed by atoms with Gasteiger partial charge < -0.3 is 10.6 Å². The largest absolute Gasteiger partial charge is 0.348 e. The predicted molar refractivity (Wildman–Crippen MR) is 113 cm³/mol. The quantitative estimate of drug-likeness (QED) is 0.618. The zero-order valence-corrected chi connectivity index (χ0v) is 16.4. The normalized spacial score (nSPS) is 10.3. The molecule has 3 rings (SSSR count). The zero-order chi connectivity index (χ0) is 20.8. The Kier molecular flexibility index (Phi) is 6.19. The highest BCUT2D eigenvalue weighted by Crippen LogP contribution is 2.13. The van der Waals surface area contributed by atoms with E-state index in [0.29, 0.717) is 28.9 Å². The van der Waals surface area contributed by atoms with E-state index in [9.17, 15) is 14.4 Å². The molecule has 0 saturated heterocycles. The Morgan fingerprint density at radius 3 is 2.00 bits per heavy atom. The van der Waals surface area contributed by atoms with Crippen LogP contribution in [0.25, 0.3) is 0 Å². The van der Waals surface area contributed by atoms with Crippen LogP contribution in [0.2, 0.25) is 0 Å². The molecule has 0 fully saturated rings. The maximum Gasteiger partial charge on any atom is 0.255 e. The van der Waals surface area contributed by atoms with Gasteiger partial charge >= 0.3 is 0 Å². The number of anilines is 1. The van der Waals surface area contributed by atoms with Crippen molar-refractivity contribution in [3.05, 3.63) is 101 Å². The van der Waals surface area contributed by atoms with Crippen molar-refractivity contribution in [2.45, 2.75) is 20.4 Å². The average Bonchev–Trinajstić information content (AvgIpc) is 2.73. The number of amides is 2. The van der Waals surface area contributed by atoms with Crippen LogP contribution in [0, 0.1) is 6.92 Å². The van der Waals surface area contributed by atoms with Gasteiger partial charge in [-0.05, 0) is 61.9 Å². The van der Waals surface area contributed by atoms with Crippen LogP contribution in [0.15, 0.2) is 72.8 Å². The number of rotatable bonds is 6. The first kappa shape index (κ1) is 20.0. The van der Waals surface area contributed by atoms with Gasteiger partial charge in [-0.15, -0.1) is 0 Å². The fourth-order valence-corrected chi connectivity index (χ4v) is 2.78. The van der Waals surface area contributed by atoms with Crippen molar-refractivity contribution >= 4 is 23.3 Å². The van der Waals surface area contributed by atoms with Crippen molar-refractivity contribution in [1.82, 2.24) is 5.32 Å². The third-order valence-corrected chi connectivity index (χ3v) is 4.51. The molecule has 5 nitrogen and oxygen atoms in total. The first-order chi connectivity index (χ1) is 13.9. The second-order valence-electron chi connectivity index (χ2n) is 6.84. The van der Waals surface area contributed by atoms with Gasteiger partial charge in [0.25, 0.3) is 11.8 Å². The van der Waals surface area contributed by atoms with Gasteiger partial charge in [0.05, 0.1) is 0 Å². The van der Waals surface area contributed by atoms with E-state index in [1.54, 1.807) is 48.5 Å². The second-order valence-corrected chi connectivity index (χ2v) is 6.84. The summed E-state index contributed by atoms with van der Waals surface area (Å²) in [4.78, 5) is 36.3. The molecule has 29 heavy (non-hydrogen) atoms. The van der Waals surface area contributed by atoms with E-state index in [-0.39, 0.29) is 17.6 Å². The van der Waals surface area contributed by atoms with Crippen LogP contribution in [0.3, 0.4) is 0 Å². The fraction of sp³-hybridized carbons (Fsp3) is 0.125. The number of benzene rings is 3. The highest BCUT2D eigenvalue weighted by molar-refractivity contribution is 6.06. The van der Waals surface area contributed by atoms with Gasteiger partial charge in [-0.2, -0.15) is 0 Å². The van der Waals surface area contributed by atoms with Crippen molar-refractivity contribution < 1.29 is 14.4 Å². The average molecular weight is 386 g/mol. The van der Waals surface area contributed by atoms with Gasteiger partial charge in [-0.25, -0.2) is 0 Å². The minimum absolute atomic E-state index is 0.0350. The lowest BCUT2D eigenvalue weighted by Crippen LogP contribution is -2.23. The molecule has 146 valence electrons. The molecule has 0 radical (unpaired) electrons. The van der Waals surface area contributed by atoms with E-state index in [1.807, 2.05) is 31.2 Å². The lowest BCUT2D eigenvalue weighted by Gasteiger charge is -2.09. The maximum absolute atomic E-state index is 12.5. The Bertz CT molecular complexity index is 1040. The van der Waals surface area contributed by atoms with Crippen LogP contribution in [0.4, 0.5) is 5.69 Å². The summed E-state index contributed by atoms with van der Waals surface area (Å²) in [5.41, 5.74) is 4.12. The van der Waals surface area contributed by atoms with Gasteiger partial charge in [-0.3, -0.25) is 14.4 Å². The molecular weight excluding hydrogens is 364 g/mol. The minimum atomic E-state index is -0.325. The van der Waals surface area contributed by atoms with Crippen LogP contribution in [0.5, 0.6) is 0 Å². The Morgan fingerprint density at radius 1 is 0.759 bits per heavy atom. The number of nitrogens with one attached hydrogen (secondary N) is 2. The van der Waals surface area contributed by atoms with E-state index in [0.717, 1.165) is 11.1 Å². The number of aryl methyl sites for hydroxylation is 1. The molecule has 0 saturated carbocycles. The summed E-state index contributed by atoms with van der Waals surface area (Å²) in [5, 5.41) is 5.64. The fourth-order valence-electron chi connectivity index (χ4n) is 2.78. The van der Waals surface area contributed by atoms with Crippen LogP contribution in [-0.2, 0) is 6.54 Å². The van der Waals surface area contributed by atoms with Crippen molar-refractivity contribution in [3.63, 3.8) is 0 Å². The predicted octanol–water partition coefficient (Wildman–Crippen LogP) is 4.38. The van der Waals surface area contributed by atoms with Crippen molar-refractivity contribution in [3.8, 4) is 0 Å². The van der Waals surface area contributed by atoms with Crippen LogP contribution in [-0.4, -0.2) is 17.6 Å². The summed E-state index contributed by atoms with van der Waals surface area (Å²) < 4.78 is 0. The van der Waals surface area contributed by atoms with Crippen molar-refractivity contribution in [2.24, 2.45) is 0 Å². The number of carbonyl (C=O) groups is 3. The number of hydrogen-bond donors (Lipinski definition) is 2. The second kappa shape index (κ2) is 8.97. The van der Waals surface area contributed by atoms with Crippen LogP contribution < -0.4 is 10.6 Å². The summed E-state index contributed by atoms with van der Waals surface area (Å²) in [6.07, 6.45) is 0. The highest BCUT2D eigenvalue weighted by Gasteiger charge is 2.11. The maximum atomic E-state index is 12.5. The summed E-state index contributed by atoms with van der Waals surface area (Å²) >= 11 is 0. The van der Waals surface area contributed by atoms with Crippen molar-refractivity contribution in [2.75, 3.05) is 5.32 Å². The standard InChI is InChI=1S/C24H22N2O3/c1-16-6-8-18(9-7-16)15-25-23(28)20-4-3-5-21(14-20)24(29)26-22-12-10-19(11-13-22)17(2)27/h3-14H,15H2,1-2H3,(H,25,28)(H,26,29). The Labute approximate surface area is 169 Å². The Hall–Kier alpha value is -3.73. The Morgan fingerprint density at radius 2 is 1.38 bits per heavy atom. The van der Waals surface area contributed by atoms with Crippen LogP contribution in [0.1, 0.15) is 49.1 Å². The van der Waals surface area contributed by atoms with Gasteiger partial charge in [0.15, 0.2) is 5.78 Å². The molecule has 0 aliphatic rings. The summed E-state index contributed by atoms with van der Waals surface area (Å²) in [6.45, 7) is 3.91. The van der Waals surface area contributed by atoms with E-state index >= 15 is 0 Å².